The summed E-state index contributed by atoms with van der Waals surface area (Å²) in [4.78, 5) is 12.2. The van der Waals surface area contributed by atoms with Gasteiger partial charge in [-0.25, -0.2) is 0 Å². The number of carbonyl (C=O) groups excluding carboxylic acids is 1. The lowest BCUT2D eigenvalue weighted by molar-refractivity contribution is 0.0997. The molecule has 0 bridgehead atoms. The molecule has 3 aromatic rings. The highest BCUT2D eigenvalue weighted by atomic mass is 127. The Labute approximate surface area is 146 Å². The molecule has 3 nitrogen and oxygen atoms in total. The van der Waals surface area contributed by atoms with Gasteiger partial charge >= 0.3 is 0 Å². The van der Waals surface area contributed by atoms with Crippen LogP contribution >= 0.6 is 34.2 Å². The van der Waals surface area contributed by atoms with Crippen LogP contribution in [-0.2, 0) is 0 Å². The second-order valence-electron chi connectivity index (χ2n) is 4.64. The van der Waals surface area contributed by atoms with Crippen LogP contribution in [-0.4, -0.2) is 5.91 Å². The molecule has 1 aromatic heterocycles. The van der Waals surface area contributed by atoms with Gasteiger partial charge in [-0.15, -0.1) is 0 Å². The molecule has 0 fully saturated rings. The van der Waals surface area contributed by atoms with Gasteiger partial charge in [0.15, 0.2) is 5.76 Å². The zero-order chi connectivity index (χ0) is 15.5. The predicted molar refractivity (Wildman–Crippen MR) is 96.3 cm³/mol. The Balaban J connectivity index is 1.78. The summed E-state index contributed by atoms with van der Waals surface area (Å²) >= 11 is 8.17. The fourth-order valence-electron chi connectivity index (χ4n) is 1.98. The van der Waals surface area contributed by atoms with E-state index in [2.05, 4.69) is 27.9 Å². The maximum absolute atomic E-state index is 12.2. The molecule has 0 saturated heterocycles. The number of rotatable bonds is 3. The summed E-state index contributed by atoms with van der Waals surface area (Å²) in [6.45, 7) is 0. The first-order valence-electron chi connectivity index (χ1n) is 6.54. The minimum atomic E-state index is -0.283. The van der Waals surface area contributed by atoms with Gasteiger partial charge in [0.2, 0.25) is 0 Å². The Morgan fingerprint density at radius 3 is 2.55 bits per heavy atom. The van der Waals surface area contributed by atoms with Gasteiger partial charge in [-0.1, -0.05) is 23.7 Å². The van der Waals surface area contributed by atoms with Crippen molar-refractivity contribution < 1.29 is 9.21 Å². The monoisotopic (exact) mass is 423 g/mol. The van der Waals surface area contributed by atoms with Gasteiger partial charge in [-0.3, -0.25) is 4.79 Å². The summed E-state index contributed by atoms with van der Waals surface area (Å²) in [6.07, 6.45) is 0. The Bertz CT molecular complexity index is 812. The second-order valence-corrected chi connectivity index (χ2v) is 6.32. The molecule has 0 spiro atoms. The van der Waals surface area contributed by atoms with Crippen molar-refractivity contribution in [3.8, 4) is 11.3 Å². The van der Waals surface area contributed by atoms with E-state index in [0.29, 0.717) is 10.8 Å². The number of carbonyl (C=O) groups is 1. The van der Waals surface area contributed by atoms with Crippen molar-refractivity contribution in [1.82, 2.24) is 0 Å². The molecule has 0 radical (unpaired) electrons. The topological polar surface area (TPSA) is 42.2 Å². The van der Waals surface area contributed by atoms with Gasteiger partial charge in [-0.05, 0) is 71.1 Å². The van der Waals surface area contributed by atoms with Gasteiger partial charge in [0, 0.05) is 19.8 Å². The number of amides is 1. The van der Waals surface area contributed by atoms with E-state index >= 15 is 0 Å². The number of benzene rings is 2. The molecular formula is C17H11ClINO2. The third-order valence-electron chi connectivity index (χ3n) is 3.04. The molecular weight excluding hydrogens is 413 g/mol. The Hall–Kier alpha value is -1.79. The smallest absolute Gasteiger partial charge is 0.291 e. The van der Waals surface area contributed by atoms with Crippen molar-refractivity contribution in [2.75, 3.05) is 5.32 Å². The van der Waals surface area contributed by atoms with Crippen molar-refractivity contribution in [2.24, 2.45) is 0 Å². The Morgan fingerprint density at radius 2 is 1.82 bits per heavy atom. The zero-order valence-corrected chi connectivity index (χ0v) is 14.3. The summed E-state index contributed by atoms with van der Waals surface area (Å²) in [5.41, 5.74) is 1.56. The highest BCUT2D eigenvalue weighted by Crippen LogP contribution is 2.25. The van der Waals surface area contributed by atoms with Crippen molar-refractivity contribution in [3.05, 3.63) is 75.0 Å². The summed E-state index contributed by atoms with van der Waals surface area (Å²) in [6, 6.07) is 18.3. The van der Waals surface area contributed by atoms with E-state index in [0.717, 1.165) is 14.8 Å². The van der Waals surface area contributed by atoms with Crippen molar-refractivity contribution in [1.29, 1.82) is 0 Å². The van der Waals surface area contributed by atoms with Crippen molar-refractivity contribution >= 4 is 45.8 Å². The first kappa shape index (κ1) is 15.1. The average Bonchev–Trinajstić information content (AvgIpc) is 3.00. The van der Waals surface area contributed by atoms with Crippen molar-refractivity contribution in [3.63, 3.8) is 0 Å². The Kier molecular flexibility index (Phi) is 4.49. The summed E-state index contributed by atoms with van der Waals surface area (Å²) in [5.74, 6) is 0.582. The molecule has 3 rings (SSSR count). The molecule has 0 atom stereocenters. The molecule has 1 heterocycles. The van der Waals surface area contributed by atoms with Crippen LogP contribution in [0.5, 0.6) is 0 Å². The molecule has 2 aromatic carbocycles. The van der Waals surface area contributed by atoms with E-state index in [1.54, 1.807) is 24.3 Å². The molecule has 0 saturated carbocycles. The summed E-state index contributed by atoms with van der Waals surface area (Å²) in [7, 11) is 0. The maximum atomic E-state index is 12.2. The van der Waals surface area contributed by atoms with E-state index in [1.165, 1.54) is 0 Å². The third kappa shape index (κ3) is 3.51. The van der Waals surface area contributed by atoms with Crippen LogP contribution in [0.15, 0.2) is 65.1 Å². The molecule has 0 aliphatic rings. The van der Waals surface area contributed by atoms with E-state index in [1.807, 2.05) is 36.4 Å². The lowest BCUT2D eigenvalue weighted by atomic mass is 10.2. The molecule has 0 unspecified atom stereocenters. The Morgan fingerprint density at radius 1 is 1.05 bits per heavy atom. The van der Waals surface area contributed by atoms with Gasteiger partial charge in [0.05, 0.1) is 0 Å². The van der Waals surface area contributed by atoms with Gasteiger partial charge < -0.3 is 9.73 Å². The molecule has 22 heavy (non-hydrogen) atoms. The number of nitrogens with one attached hydrogen (secondary N) is 1. The fraction of sp³-hybridized carbons (Fsp3) is 0. The highest BCUT2D eigenvalue weighted by molar-refractivity contribution is 14.1. The van der Waals surface area contributed by atoms with Crippen LogP contribution in [0.25, 0.3) is 11.3 Å². The number of hydrogen-bond donors (Lipinski definition) is 1. The van der Waals surface area contributed by atoms with E-state index < -0.39 is 0 Å². The largest absolute Gasteiger partial charge is 0.451 e. The number of hydrogen-bond acceptors (Lipinski definition) is 2. The molecule has 5 heteroatoms. The van der Waals surface area contributed by atoms with Crippen LogP contribution in [0.4, 0.5) is 5.69 Å². The molecule has 110 valence electrons. The SMILES string of the molecule is O=C(Nc1ccc(I)cc1)c1ccc(-c2cccc(Cl)c2)o1. The minimum absolute atomic E-state index is 0.258. The van der Waals surface area contributed by atoms with E-state index in [9.17, 15) is 4.79 Å². The lowest BCUT2D eigenvalue weighted by Crippen LogP contribution is -2.10. The average molecular weight is 424 g/mol. The van der Waals surface area contributed by atoms with Gasteiger partial charge in [0.25, 0.3) is 5.91 Å². The highest BCUT2D eigenvalue weighted by Gasteiger charge is 2.12. The first-order valence-corrected chi connectivity index (χ1v) is 8.00. The molecule has 0 aliphatic carbocycles. The quantitative estimate of drug-likeness (QED) is 0.569. The minimum Gasteiger partial charge on any atom is -0.451 e. The number of anilines is 1. The van der Waals surface area contributed by atoms with Crippen LogP contribution in [0.1, 0.15) is 10.6 Å². The second kappa shape index (κ2) is 6.54. The number of furan rings is 1. The fourth-order valence-corrected chi connectivity index (χ4v) is 2.53. The van der Waals surface area contributed by atoms with E-state index in [4.69, 9.17) is 16.0 Å². The summed E-state index contributed by atoms with van der Waals surface area (Å²) < 4.78 is 6.72. The van der Waals surface area contributed by atoms with Crippen LogP contribution in [0.3, 0.4) is 0 Å². The summed E-state index contributed by atoms with van der Waals surface area (Å²) in [5, 5.41) is 3.42. The normalized spacial score (nSPS) is 10.5. The zero-order valence-electron chi connectivity index (χ0n) is 11.3. The molecule has 1 N–H and O–H groups in total. The van der Waals surface area contributed by atoms with Gasteiger partial charge in [0.1, 0.15) is 5.76 Å². The van der Waals surface area contributed by atoms with Crippen LogP contribution < -0.4 is 5.32 Å². The van der Waals surface area contributed by atoms with Crippen molar-refractivity contribution in [2.45, 2.75) is 0 Å². The van der Waals surface area contributed by atoms with Crippen LogP contribution in [0.2, 0.25) is 5.02 Å². The molecule has 0 aliphatic heterocycles. The van der Waals surface area contributed by atoms with Crippen LogP contribution in [0, 0.1) is 3.57 Å². The molecule has 1 amide bonds. The standard InChI is InChI=1S/C17H11ClINO2/c18-12-3-1-2-11(10-12)15-8-9-16(22-15)17(21)20-14-6-4-13(19)5-7-14/h1-10H,(H,20,21). The maximum Gasteiger partial charge on any atom is 0.291 e. The van der Waals surface area contributed by atoms with Gasteiger partial charge in [-0.2, -0.15) is 0 Å². The third-order valence-corrected chi connectivity index (χ3v) is 4.00. The predicted octanol–water partition coefficient (Wildman–Crippen LogP) is 5.46. The first-order chi connectivity index (χ1) is 10.6. The van der Waals surface area contributed by atoms with E-state index in [-0.39, 0.29) is 11.7 Å². The lowest BCUT2D eigenvalue weighted by Gasteiger charge is -2.03. The number of halogens is 2.